The van der Waals surface area contributed by atoms with Gasteiger partial charge < -0.3 is 5.32 Å². The van der Waals surface area contributed by atoms with Crippen LogP contribution in [0.25, 0.3) is 11.1 Å². The fraction of sp³-hybridized carbons (Fsp3) is 0.176. The van der Waals surface area contributed by atoms with Crippen molar-refractivity contribution in [3.05, 3.63) is 47.5 Å². The highest BCUT2D eigenvalue weighted by molar-refractivity contribution is 7.85. The number of carbonyl (C=O) groups excluding carboxylic acids is 2. The molecule has 7 heteroatoms. The van der Waals surface area contributed by atoms with Crippen LogP contribution in [0.2, 0.25) is 0 Å². The summed E-state index contributed by atoms with van der Waals surface area (Å²) in [5, 5.41) is 2.67. The first-order chi connectivity index (χ1) is 11.2. The molecule has 1 amide bonds. The van der Waals surface area contributed by atoms with Crippen molar-refractivity contribution in [3.8, 4) is 11.1 Å². The van der Waals surface area contributed by atoms with Crippen LogP contribution >= 0.6 is 0 Å². The summed E-state index contributed by atoms with van der Waals surface area (Å²) >= 11 is 0. The van der Waals surface area contributed by atoms with Crippen LogP contribution in [0.3, 0.4) is 0 Å². The zero-order valence-corrected chi connectivity index (χ0v) is 13.7. The highest BCUT2D eigenvalue weighted by Crippen LogP contribution is 2.38. The number of anilines is 1. The van der Waals surface area contributed by atoms with Crippen molar-refractivity contribution >= 4 is 27.5 Å². The van der Waals surface area contributed by atoms with E-state index in [1.165, 1.54) is 19.1 Å². The van der Waals surface area contributed by atoms with Crippen molar-refractivity contribution < 1.29 is 22.6 Å². The predicted molar refractivity (Wildman–Crippen MR) is 88.4 cm³/mol. The molecule has 0 fully saturated rings. The number of carbonyl (C=O) groups is 2. The largest absolute Gasteiger partial charge is 0.326 e. The fourth-order valence-corrected chi connectivity index (χ4v) is 3.39. The van der Waals surface area contributed by atoms with E-state index in [-0.39, 0.29) is 23.0 Å². The Morgan fingerprint density at radius 1 is 1.08 bits per heavy atom. The fourth-order valence-electron chi connectivity index (χ4n) is 2.86. The minimum Gasteiger partial charge on any atom is -0.326 e. The molecule has 124 valence electrons. The van der Waals surface area contributed by atoms with Crippen molar-refractivity contribution in [2.24, 2.45) is 0 Å². The van der Waals surface area contributed by atoms with E-state index in [2.05, 4.69) is 5.32 Å². The number of hydrogen-bond donors (Lipinski definition) is 2. The average Bonchev–Trinajstić information content (AvgIpc) is 2.81. The molecular formula is C17H15NO5S. The number of amides is 1. The predicted octanol–water partition coefficient (Wildman–Crippen LogP) is 2.42. The molecule has 6 nitrogen and oxygen atoms in total. The monoisotopic (exact) mass is 345 g/mol. The van der Waals surface area contributed by atoms with E-state index in [1.54, 1.807) is 18.2 Å². The van der Waals surface area contributed by atoms with Gasteiger partial charge in [-0.25, -0.2) is 0 Å². The first-order valence-corrected chi connectivity index (χ1v) is 8.71. The van der Waals surface area contributed by atoms with Crippen molar-refractivity contribution in [1.82, 2.24) is 0 Å². The summed E-state index contributed by atoms with van der Waals surface area (Å²) in [4.78, 5) is 22.5. The lowest BCUT2D eigenvalue weighted by Crippen LogP contribution is -2.14. The van der Waals surface area contributed by atoms with Crippen molar-refractivity contribution in [2.45, 2.75) is 24.7 Å². The first kappa shape index (κ1) is 16.4. The number of nitrogens with one attached hydrogen (secondary N) is 1. The van der Waals surface area contributed by atoms with Gasteiger partial charge in [-0.3, -0.25) is 14.1 Å². The molecule has 1 aliphatic carbocycles. The van der Waals surface area contributed by atoms with Crippen LogP contribution in [0.15, 0.2) is 41.3 Å². The number of rotatable bonds is 4. The molecule has 1 aliphatic rings. The molecule has 2 aromatic carbocycles. The second-order valence-corrected chi connectivity index (χ2v) is 7.19. The quantitative estimate of drug-likeness (QED) is 0.559. The minimum absolute atomic E-state index is 0.135. The topological polar surface area (TPSA) is 101 Å². The van der Waals surface area contributed by atoms with Crippen LogP contribution in [0.1, 0.15) is 24.5 Å². The molecule has 0 saturated heterocycles. The number of Topliss-reactive ketones (excluding diaryl/α,β-unsaturated/α-hetero) is 1. The maximum absolute atomic E-state index is 11.7. The molecule has 0 radical (unpaired) electrons. The molecule has 0 unspecified atom stereocenters. The third kappa shape index (κ3) is 3.22. The Bertz CT molecular complexity index is 963. The van der Waals surface area contributed by atoms with Crippen molar-refractivity contribution in [1.29, 1.82) is 0 Å². The third-order valence-corrected chi connectivity index (χ3v) is 4.69. The Balaban J connectivity index is 1.88. The van der Waals surface area contributed by atoms with E-state index in [9.17, 15) is 18.0 Å². The van der Waals surface area contributed by atoms with Crippen LogP contribution in [0.5, 0.6) is 0 Å². The summed E-state index contributed by atoms with van der Waals surface area (Å²) in [6.07, 6.45) is 0.333. The van der Waals surface area contributed by atoms with Crippen molar-refractivity contribution in [2.75, 3.05) is 5.32 Å². The molecule has 3 rings (SSSR count). The van der Waals surface area contributed by atoms with Gasteiger partial charge in [0.15, 0.2) is 0 Å². The van der Waals surface area contributed by atoms with E-state index in [0.29, 0.717) is 12.1 Å². The van der Waals surface area contributed by atoms with Crippen LogP contribution in [-0.2, 0) is 26.1 Å². The van der Waals surface area contributed by atoms with Gasteiger partial charge in [0.05, 0.1) is 11.3 Å². The summed E-state index contributed by atoms with van der Waals surface area (Å²) in [6, 6.07) is 9.88. The molecule has 0 saturated carbocycles. The van der Waals surface area contributed by atoms with Gasteiger partial charge in [-0.15, -0.1) is 0 Å². The molecule has 0 aromatic heterocycles. The highest BCUT2D eigenvalue weighted by atomic mass is 32.2. The molecule has 2 aromatic rings. The molecule has 0 aliphatic heterocycles. The van der Waals surface area contributed by atoms with Crippen LogP contribution < -0.4 is 5.32 Å². The average molecular weight is 345 g/mol. The molecule has 0 atom stereocenters. The second kappa shape index (κ2) is 5.85. The zero-order chi connectivity index (χ0) is 17.5. The van der Waals surface area contributed by atoms with Gasteiger partial charge >= 0.3 is 0 Å². The van der Waals surface area contributed by atoms with Gasteiger partial charge in [0, 0.05) is 5.69 Å². The van der Waals surface area contributed by atoms with Crippen LogP contribution in [0.4, 0.5) is 5.69 Å². The number of ketones is 1. The van der Waals surface area contributed by atoms with E-state index < -0.39 is 10.1 Å². The van der Waals surface area contributed by atoms with Crippen LogP contribution in [-0.4, -0.2) is 24.7 Å². The third-order valence-electron chi connectivity index (χ3n) is 3.84. The van der Waals surface area contributed by atoms with Crippen LogP contribution in [0, 0.1) is 0 Å². The summed E-state index contributed by atoms with van der Waals surface area (Å²) < 4.78 is 31.6. The molecule has 24 heavy (non-hydrogen) atoms. The summed E-state index contributed by atoms with van der Waals surface area (Å²) in [6.45, 7) is 1.35. The Morgan fingerprint density at radius 3 is 2.33 bits per heavy atom. The molecule has 0 bridgehead atoms. The molecule has 0 heterocycles. The summed E-state index contributed by atoms with van der Waals surface area (Å²) in [7, 11) is -4.24. The normalized spacial score (nSPS) is 12.4. The lowest BCUT2D eigenvalue weighted by molar-refractivity contribution is -0.124. The van der Waals surface area contributed by atoms with E-state index >= 15 is 0 Å². The van der Waals surface area contributed by atoms with Gasteiger partial charge in [0.2, 0.25) is 5.91 Å². The SMILES string of the molecule is CC(=O)CC(=O)Nc1ccc2c(c1)Cc1cc(S(=O)(=O)O)ccc1-2. The van der Waals surface area contributed by atoms with Gasteiger partial charge in [0.1, 0.15) is 5.78 Å². The number of benzene rings is 2. The molecular weight excluding hydrogens is 330 g/mol. The first-order valence-electron chi connectivity index (χ1n) is 7.27. The maximum Gasteiger partial charge on any atom is 0.294 e. The smallest absolute Gasteiger partial charge is 0.294 e. The molecule has 0 spiro atoms. The maximum atomic E-state index is 11.7. The van der Waals surface area contributed by atoms with E-state index in [0.717, 1.165) is 22.3 Å². The minimum atomic E-state index is -4.24. The van der Waals surface area contributed by atoms with E-state index in [1.807, 2.05) is 6.07 Å². The van der Waals surface area contributed by atoms with Gasteiger partial charge in [-0.05, 0) is 59.9 Å². The Hall–Kier alpha value is -2.51. The second-order valence-electron chi connectivity index (χ2n) is 5.77. The van der Waals surface area contributed by atoms with Gasteiger partial charge in [-0.1, -0.05) is 12.1 Å². The van der Waals surface area contributed by atoms with E-state index in [4.69, 9.17) is 4.55 Å². The Morgan fingerprint density at radius 2 is 1.71 bits per heavy atom. The Labute approximate surface area is 139 Å². The standard InChI is InChI=1S/C17H15NO5S/c1-10(19)6-17(20)18-13-2-4-15-11(8-13)7-12-9-14(24(21,22)23)3-5-16(12)15/h2-5,8-9H,6-7H2,1H3,(H,18,20)(H,21,22,23). The summed E-state index contributed by atoms with van der Waals surface area (Å²) in [5.41, 5.74) is 4.18. The zero-order valence-electron chi connectivity index (χ0n) is 12.9. The molecule has 2 N–H and O–H groups in total. The Kier molecular flexibility index (Phi) is 3.98. The van der Waals surface area contributed by atoms with Gasteiger partial charge in [-0.2, -0.15) is 8.42 Å². The van der Waals surface area contributed by atoms with Gasteiger partial charge in [0.25, 0.3) is 10.1 Å². The van der Waals surface area contributed by atoms with Crippen molar-refractivity contribution in [3.63, 3.8) is 0 Å². The summed E-state index contributed by atoms with van der Waals surface area (Å²) in [5.74, 6) is -0.578. The lowest BCUT2D eigenvalue weighted by atomic mass is 10.1. The number of hydrogen-bond acceptors (Lipinski definition) is 4. The highest BCUT2D eigenvalue weighted by Gasteiger charge is 2.21. The number of fused-ring (bicyclic) bond motifs is 3. The lowest BCUT2D eigenvalue weighted by Gasteiger charge is -2.07.